The summed E-state index contributed by atoms with van der Waals surface area (Å²) in [5, 5.41) is 19.6. The molecule has 0 amide bonds. The number of aromatic nitrogens is 3. The van der Waals surface area contributed by atoms with Crippen LogP contribution in [-0.2, 0) is 0 Å². The first kappa shape index (κ1) is 14.9. The van der Waals surface area contributed by atoms with E-state index in [9.17, 15) is 10.2 Å². The molecule has 0 bridgehead atoms. The maximum Gasteiger partial charge on any atom is 0.161 e. The van der Waals surface area contributed by atoms with Gasteiger partial charge in [0.2, 0.25) is 0 Å². The van der Waals surface area contributed by atoms with Crippen molar-refractivity contribution in [2.24, 2.45) is 0 Å². The molecule has 22 heavy (non-hydrogen) atoms. The van der Waals surface area contributed by atoms with Gasteiger partial charge in [-0.05, 0) is 32.4 Å². The Hall–Kier alpha value is -2.05. The molecule has 0 spiro atoms. The molecule has 0 saturated carbocycles. The fourth-order valence-electron chi connectivity index (χ4n) is 2.66. The van der Waals surface area contributed by atoms with E-state index in [4.69, 9.17) is 0 Å². The summed E-state index contributed by atoms with van der Waals surface area (Å²) < 4.78 is 0. The summed E-state index contributed by atoms with van der Waals surface area (Å²) >= 11 is 0. The summed E-state index contributed by atoms with van der Waals surface area (Å²) in [5.74, 6) is 1.48. The number of aryl methyl sites for hydroxylation is 1. The lowest BCUT2D eigenvalue weighted by molar-refractivity contribution is 0.00783. The molecule has 0 radical (unpaired) electrons. The van der Waals surface area contributed by atoms with Crippen LogP contribution in [0, 0.1) is 13.8 Å². The van der Waals surface area contributed by atoms with Crippen LogP contribution in [0.25, 0.3) is 11.4 Å². The number of aliphatic hydroxyl groups is 2. The van der Waals surface area contributed by atoms with Gasteiger partial charge in [0.15, 0.2) is 5.82 Å². The number of hydrogen-bond donors (Lipinski definition) is 2. The number of aliphatic hydroxyl groups excluding tert-OH is 2. The minimum atomic E-state index is -0.743. The summed E-state index contributed by atoms with van der Waals surface area (Å²) in [6, 6.07) is 3.76. The predicted molar refractivity (Wildman–Crippen MR) is 83.6 cm³/mol. The Kier molecular flexibility index (Phi) is 4.04. The van der Waals surface area contributed by atoms with E-state index < -0.39 is 12.2 Å². The SMILES string of the molecule is Cc1nc(-c2ccncc2)nc(N2CC[C@@H](O)[C@@H](O)C2)c1C. The van der Waals surface area contributed by atoms with Gasteiger partial charge in [-0.2, -0.15) is 0 Å². The maximum absolute atomic E-state index is 9.91. The molecule has 0 unspecified atom stereocenters. The van der Waals surface area contributed by atoms with E-state index in [1.807, 2.05) is 30.9 Å². The van der Waals surface area contributed by atoms with Crippen LogP contribution in [-0.4, -0.2) is 50.5 Å². The standard InChI is InChI=1S/C16H20N4O2/c1-10-11(2)18-15(12-3-6-17-7-4-12)19-16(10)20-8-5-13(21)14(22)9-20/h3-4,6-7,13-14,21-22H,5,8-9H2,1-2H3/t13-,14+/m1/s1. The summed E-state index contributed by atoms with van der Waals surface area (Å²) in [6.45, 7) is 5.00. The number of β-amino-alcohol motifs (C(OH)–C–C–N with tert-alkyl or cyclic N) is 1. The van der Waals surface area contributed by atoms with E-state index >= 15 is 0 Å². The lowest BCUT2D eigenvalue weighted by Gasteiger charge is -2.35. The molecular weight excluding hydrogens is 280 g/mol. The number of pyridine rings is 1. The highest BCUT2D eigenvalue weighted by Gasteiger charge is 2.28. The van der Waals surface area contributed by atoms with Crippen molar-refractivity contribution in [1.29, 1.82) is 0 Å². The van der Waals surface area contributed by atoms with Gasteiger partial charge >= 0.3 is 0 Å². The van der Waals surface area contributed by atoms with Crippen molar-refractivity contribution in [3.63, 3.8) is 0 Å². The topological polar surface area (TPSA) is 82.4 Å². The normalized spacial score (nSPS) is 21.9. The molecular formula is C16H20N4O2. The highest BCUT2D eigenvalue weighted by Crippen LogP contribution is 2.26. The molecule has 2 N–H and O–H groups in total. The van der Waals surface area contributed by atoms with Crippen LogP contribution >= 0.6 is 0 Å². The third-order valence-corrected chi connectivity index (χ3v) is 4.15. The molecule has 1 aliphatic rings. The lowest BCUT2D eigenvalue weighted by atomic mass is 10.0. The molecule has 1 fully saturated rings. The van der Waals surface area contributed by atoms with Crippen LogP contribution in [0.4, 0.5) is 5.82 Å². The summed E-state index contributed by atoms with van der Waals surface area (Å²) in [6.07, 6.45) is 2.57. The first-order chi connectivity index (χ1) is 10.6. The number of anilines is 1. The smallest absolute Gasteiger partial charge is 0.161 e. The van der Waals surface area contributed by atoms with Crippen LogP contribution < -0.4 is 4.90 Å². The van der Waals surface area contributed by atoms with Crippen molar-refractivity contribution in [2.75, 3.05) is 18.0 Å². The van der Waals surface area contributed by atoms with Crippen molar-refractivity contribution >= 4 is 5.82 Å². The van der Waals surface area contributed by atoms with E-state index in [-0.39, 0.29) is 0 Å². The van der Waals surface area contributed by atoms with Gasteiger partial charge in [0.05, 0.1) is 12.2 Å². The van der Waals surface area contributed by atoms with Crippen LogP contribution in [0.1, 0.15) is 17.7 Å². The molecule has 2 atom stereocenters. The molecule has 0 aromatic carbocycles. The van der Waals surface area contributed by atoms with Crippen molar-refractivity contribution in [2.45, 2.75) is 32.5 Å². The molecule has 0 aliphatic carbocycles. The Labute approximate surface area is 129 Å². The molecule has 2 aromatic rings. The molecule has 1 saturated heterocycles. The van der Waals surface area contributed by atoms with Crippen molar-refractivity contribution in [1.82, 2.24) is 15.0 Å². The van der Waals surface area contributed by atoms with Gasteiger partial charge in [-0.3, -0.25) is 4.98 Å². The van der Waals surface area contributed by atoms with Gasteiger partial charge in [0, 0.05) is 42.3 Å². The molecule has 1 aliphatic heterocycles. The van der Waals surface area contributed by atoms with E-state index in [0.29, 0.717) is 25.3 Å². The van der Waals surface area contributed by atoms with Crippen LogP contribution in [0.15, 0.2) is 24.5 Å². The third kappa shape index (κ3) is 2.80. The van der Waals surface area contributed by atoms with Crippen LogP contribution in [0.5, 0.6) is 0 Å². The number of piperidine rings is 1. The Morgan fingerprint density at radius 1 is 1.09 bits per heavy atom. The largest absolute Gasteiger partial charge is 0.390 e. The first-order valence-corrected chi connectivity index (χ1v) is 7.43. The zero-order chi connectivity index (χ0) is 15.7. The maximum atomic E-state index is 9.91. The Balaban J connectivity index is 1.99. The van der Waals surface area contributed by atoms with Gasteiger partial charge in [0.1, 0.15) is 5.82 Å². The Morgan fingerprint density at radius 2 is 1.82 bits per heavy atom. The second kappa shape index (κ2) is 5.98. The zero-order valence-electron chi connectivity index (χ0n) is 12.8. The van der Waals surface area contributed by atoms with E-state index in [1.165, 1.54) is 0 Å². The van der Waals surface area contributed by atoms with Crippen LogP contribution in [0.3, 0.4) is 0 Å². The van der Waals surface area contributed by atoms with E-state index in [0.717, 1.165) is 22.6 Å². The van der Waals surface area contributed by atoms with Gasteiger partial charge in [-0.1, -0.05) is 0 Å². The molecule has 116 valence electrons. The summed E-state index contributed by atoms with van der Waals surface area (Å²) in [4.78, 5) is 15.3. The number of rotatable bonds is 2. The van der Waals surface area contributed by atoms with Gasteiger partial charge in [-0.25, -0.2) is 9.97 Å². The fourth-order valence-corrected chi connectivity index (χ4v) is 2.66. The molecule has 6 nitrogen and oxygen atoms in total. The lowest BCUT2D eigenvalue weighted by Crippen LogP contribution is -2.47. The Morgan fingerprint density at radius 3 is 2.50 bits per heavy atom. The Bertz CT molecular complexity index is 663. The second-order valence-corrected chi connectivity index (χ2v) is 5.69. The second-order valence-electron chi connectivity index (χ2n) is 5.69. The molecule has 3 rings (SSSR count). The van der Waals surface area contributed by atoms with Gasteiger partial charge in [-0.15, -0.1) is 0 Å². The predicted octanol–water partition coefficient (Wildman–Crippen LogP) is 1.09. The van der Waals surface area contributed by atoms with Gasteiger partial charge in [0.25, 0.3) is 0 Å². The van der Waals surface area contributed by atoms with Crippen molar-refractivity contribution in [3.05, 3.63) is 35.8 Å². The highest BCUT2D eigenvalue weighted by atomic mass is 16.3. The average molecular weight is 300 g/mol. The monoisotopic (exact) mass is 300 g/mol. The number of hydrogen-bond acceptors (Lipinski definition) is 6. The molecule has 6 heteroatoms. The zero-order valence-corrected chi connectivity index (χ0v) is 12.8. The molecule has 2 aromatic heterocycles. The van der Waals surface area contributed by atoms with E-state index in [1.54, 1.807) is 12.4 Å². The minimum Gasteiger partial charge on any atom is -0.390 e. The number of nitrogens with zero attached hydrogens (tertiary/aromatic N) is 4. The van der Waals surface area contributed by atoms with Gasteiger partial charge < -0.3 is 15.1 Å². The quantitative estimate of drug-likeness (QED) is 0.864. The first-order valence-electron chi connectivity index (χ1n) is 7.43. The average Bonchev–Trinajstić information content (AvgIpc) is 2.53. The highest BCUT2D eigenvalue weighted by molar-refractivity contribution is 5.60. The molecule has 3 heterocycles. The fraction of sp³-hybridized carbons (Fsp3) is 0.438. The van der Waals surface area contributed by atoms with E-state index in [2.05, 4.69) is 15.0 Å². The summed E-state index contributed by atoms with van der Waals surface area (Å²) in [5.41, 5.74) is 2.83. The third-order valence-electron chi connectivity index (χ3n) is 4.15. The van der Waals surface area contributed by atoms with Crippen LogP contribution in [0.2, 0.25) is 0 Å². The summed E-state index contributed by atoms with van der Waals surface area (Å²) in [7, 11) is 0. The minimum absolute atomic E-state index is 0.383. The van der Waals surface area contributed by atoms with Crippen molar-refractivity contribution in [3.8, 4) is 11.4 Å². The van der Waals surface area contributed by atoms with Crippen molar-refractivity contribution < 1.29 is 10.2 Å².